The molecule has 0 aliphatic carbocycles. The van der Waals surface area contributed by atoms with Gasteiger partial charge < -0.3 is 21.3 Å². The molecule has 8 nitrogen and oxygen atoms in total. The van der Waals surface area contributed by atoms with Crippen LogP contribution < -0.4 is 21.3 Å². The van der Waals surface area contributed by atoms with Crippen LogP contribution in [0, 0.1) is 0 Å². The van der Waals surface area contributed by atoms with E-state index in [0.29, 0.717) is 12.0 Å². The summed E-state index contributed by atoms with van der Waals surface area (Å²) in [6.45, 7) is 11.4. The Morgan fingerprint density at radius 3 is 2.28 bits per heavy atom. The Morgan fingerprint density at radius 2 is 1.59 bits per heavy atom. The van der Waals surface area contributed by atoms with Crippen LogP contribution in [0.15, 0.2) is 78.9 Å². The number of amides is 4. The lowest BCUT2D eigenvalue weighted by molar-refractivity contribution is -0.132. The second-order valence-corrected chi connectivity index (χ2v) is 10.4. The fourth-order valence-electron chi connectivity index (χ4n) is 3.74. The molecule has 0 fully saturated rings. The molecule has 8 heteroatoms. The first-order valence-corrected chi connectivity index (χ1v) is 13.1. The second kappa shape index (κ2) is 15.3. The van der Waals surface area contributed by atoms with E-state index in [9.17, 15) is 19.2 Å². The second-order valence-electron chi connectivity index (χ2n) is 10.4. The predicted octanol–water partition coefficient (Wildman–Crippen LogP) is 3.94. The molecular weight excluding hydrogens is 492 g/mol. The average molecular weight is 533 g/mol. The van der Waals surface area contributed by atoms with E-state index in [1.165, 1.54) is 0 Å². The molecule has 0 radical (unpaired) electrons. The maximum absolute atomic E-state index is 12.9. The summed E-state index contributed by atoms with van der Waals surface area (Å²) < 4.78 is 0. The summed E-state index contributed by atoms with van der Waals surface area (Å²) >= 11 is 0. The molecule has 0 spiro atoms. The lowest BCUT2D eigenvalue weighted by atomic mass is 10.1. The maximum atomic E-state index is 12.9. The number of carbonyl (C=O) groups is 4. The first-order valence-electron chi connectivity index (χ1n) is 13.1. The van der Waals surface area contributed by atoms with Gasteiger partial charge in [0, 0.05) is 30.6 Å². The normalized spacial score (nSPS) is 12.6. The first kappa shape index (κ1) is 31.0. The molecule has 208 valence electrons. The van der Waals surface area contributed by atoms with Gasteiger partial charge in [0.15, 0.2) is 0 Å². The third kappa shape index (κ3) is 11.8. The third-order valence-corrected chi connectivity index (χ3v) is 5.65. The minimum absolute atomic E-state index is 0.142. The zero-order valence-corrected chi connectivity index (χ0v) is 23.3. The predicted molar refractivity (Wildman–Crippen MR) is 156 cm³/mol. The zero-order chi connectivity index (χ0) is 28.8. The van der Waals surface area contributed by atoms with Gasteiger partial charge in [0.1, 0.15) is 6.04 Å². The van der Waals surface area contributed by atoms with Crippen LogP contribution in [-0.2, 0) is 14.4 Å². The van der Waals surface area contributed by atoms with E-state index in [2.05, 4.69) is 27.8 Å². The topological polar surface area (TPSA) is 116 Å². The highest BCUT2D eigenvalue weighted by Crippen LogP contribution is 2.15. The molecule has 0 saturated carbocycles. The van der Waals surface area contributed by atoms with Crippen molar-refractivity contribution in [1.82, 2.24) is 21.3 Å². The van der Waals surface area contributed by atoms with Crippen molar-refractivity contribution >= 4 is 34.4 Å². The minimum Gasteiger partial charge on any atom is -0.353 e. The molecule has 0 heterocycles. The van der Waals surface area contributed by atoms with E-state index >= 15 is 0 Å². The van der Waals surface area contributed by atoms with Gasteiger partial charge in [-0.1, -0.05) is 66.8 Å². The summed E-state index contributed by atoms with van der Waals surface area (Å²) in [5.74, 6) is -1.42. The largest absolute Gasteiger partial charge is 0.353 e. The van der Waals surface area contributed by atoms with Gasteiger partial charge in [-0.05, 0) is 57.0 Å². The SMILES string of the molecule is C=C/C=C\C=C(/C)CCC(=O)N[C@@H](CC(=O)NC(C)(C)C)C(=O)NCCNC(=O)c1ccc2ccccc2c1. The summed E-state index contributed by atoms with van der Waals surface area (Å²) in [6.07, 6.45) is 7.68. The Morgan fingerprint density at radius 1 is 0.897 bits per heavy atom. The summed E-state index contributed by atoms with van der Waals surface area (Å²) in [5.41, 5.74) is 1.04. The van der Waals surface area contributed by atoms with Crippen LogP contribution in [0.2, 0.25) is 0 Å². The number of rotatable bonds is 13. The fourth-order valence-corrected chi connectivity index (χ4v) is 3.74. The van der Waals surface area contributed by atoms with Gasteiger partial charge in [0.2, 0.25) is 17.7 Å². The standard InChI is InChI=1S/C31H40N4O4/c1-6-7-8-11-22(2)14-17-27(36)34-26(21-28(37)35-31(3,4)5)30(39)33-19-18-32-29(38)25-16-15-23-12-9-10-13-24(23)20-25/h6-13,15-16,20,26H,1,14,17-19,21H2,2-5H3,(H,32,38)(H,33,39)(H,34,36)(H,35,37)/b8-7-,22-11+/t26-/m0/s1. The molecule has 2 aromatic carbocycles. The molecule has 2 aromatic rings. The van der Waals surface area contributed by atoms with E-state index in [-0.39, 0.29) is 43.7 Å². The lowest BCUT2D eigenvalue weighted by Crippen LogP contribution is -2.51. The highest BCUT2D eigenvalue weighted by Gasteiger charge is 2.25. The number of nitrogens with one attached hydrogen (secondary N) is 4. The lowest BCUT2D eigenvalue weighted by Gasteiger charge is -2.23. The Bertz CT molecular complexity index is 1240. The van der Waals surface area contributed by atoms with Crippen molar-refractivity contribution in [1.29, 1.82) is 0 Å². The molecule has 1 atom stereocenters. The number of allylic oxidation sites excluding steroid dienone is 5. The molecule has 4 N–H and O–H groups in total. The van der Waals surface area contributed by atoms with Crippen LogP contribution in [0.5, 0.6) is 0 Å². The third-order valence-electron chi connectivity index (χ3n) is 5.65. The quantitative estimate of drug-likeness (QED) is 0.231. The van der Waals surface area contributed by atoms with Gasteiger partial charge in [-0.15, -0.1) is 0 Å². The van der Waals surface area contributed by atoms with Crippen LogP contribution in [0.3, 0.4) is 0 Å². The minimum atomic E-state index is -1.04. The summed E-state index contributed by atoms with van der Waals surface area (Å²) in [7, 11) is 0. The molecule has 4 amide bonds. The van der Waals surface area contributed by atoms with Gasteiger partial charge >= 0.3 is 0 Å². The molecule has 0 aliphatic heterocycles. The average Bonchev–Trinajstić information content (AvgIpc) is 2.88. The van der Waals surface area contributed by atoms with Crippen LogP contribution in [0.25, 0.3) is 10.8 Å². The Hall–Kier alpha value is -4.20. The monoisotopic (exact) mass is 532 g/mol. The summed E-state index contributed by atoms with van der Waals surface area (Å²) in [5, 5.41) is 13.0. The van der Waals surface area contributed by atoms with Crippen LogP contribution in [-0.4, -0.2) is 48.3 Å². The number of fused-ring (bicyclic) bond motifs is 1. The van der Waals surface area contributed by atoms with Crippen LogP contribution >= 0.6 is 0 Å². The molecule has 0 aromatic heterocycles. The van der Waals surface area contributed by atoms with E-state index in [1.54, 1.807) is 18.2 Å². The van der Waals surface area contributed by atoms with Crippen molar-refractivity contribution in [3.8, 4) is 0 Å². The number of hydrogen-bond donors (Lipinski definition) is 4. The summed E-state index contributed by atoms with van der Waals surface area (Å²) in [6, 6.07) is 12.2. The zero-order valence-electron chi connectivity index (χ0n) is 23.3. The molecule has 2 rings (SSSR count). The van der Waals surface area contributed by atoms with Crippen molar-refractivity contribution < 1.29 is 19.2 Å². The van der Waals surface area contributed by atoms with Crippen LogP contribution in [0.1, 0.15) is 57.3 Å². The van der Waals surface area contributed by atoms with Gasteiger partial charge in [-0.2, -0.15) is 0 Å². The van der Waals surface area contributed by atoms with E-state index in [0.717, 1.165) is 16.3 Å². The molecule has 0 aliphatic rings. The molecule has 39 heavy (non-hydrogen) atoms. The highest BCUT2D eigenvalue weighted by atomic mass is 16.2. The number of benzene rings is 2. The van der Waals surface area contributed by atoms with Crippen molar-refractivity contribution in [2.45, 2.75) is 58.5 Å². The Labute approximate surface area is 231 Å². The van der Waals surface area contributed by atoms with E-state index < -0.39 is 17.5 Å². The Balaban J connectivity index is 1.92. The van der Waals surface area contributed by atoms with Crippen molar-refractivity contribution in [3.05, 3.63) is 84.5 Å². The molecule has 0 saturated heterocycles. The van der Waals surface area contributed by atoms with Gasteiger partial charge in [-0.3, -0.25) is 19.2 Å². The van der Waals surface area contributed by atoms with Crippen molar-refractivity contribution in [3.63, 3.8) is 0 Å². The Kier molecular flexibility index (Phi) is 12.1. The molecular formula is C31H40N4O4. The number of hydrogen-bond acceptors (Lipinski definition) is 4. The molecule has 0 bridgehead atoms. The van der Waals surface area contributed by atoms with Crippen molar-refractivity contribution in [2.75, 3.05) is 13.1 Å². The maximum Gasteiger partial charge on any atom is 0.251 e. The van der Waals surface area contributed by atoms with E-state index in [4.69, 9.17) is 0 Å². The fraction of sp³-hybridized carbons (Fsp3) is 0.355. The van der Waals surface area contributed by atoms with Gasteiger partial charge in [-0.25, -0.2) is 0 Å². The van der Waals surface area contributed by atoms with E-state index in [1.807, 2.05) is 76.2 Å². The smallest absolute Gasteiger partial charge is 0.251 e. The van der Waals surface area contributed by atoms with Gasteiger partial charge in [0.05, 0.1) is 6.42 Å². The summed E-state index contributed by atoms with van der Waals surface area (Å²) in [4.78, 5) is 50.6. The van der Waals surface area contributed by atoms with Crippen LogP contribution in [0.4, 0.5) is 0 Å². The first-order chi connectivity index (χ1) is 18.5. The van der Waals surface area contributed by atoms with Crippen molar-refractivity contribution in [2.24, 2.45) is 0 Å². The molecule has 0 unspecified atom stereocenters. The highest BCUT2D eigenvalue weighted by molar-refractivity contribution is 5.98. The van der Waals surface area contributed by atoms with Gasteiger partial charge in [0.25, 0.3) is 5.91 Å². The number of carbonyl (C=O) groups excluding carboxylic acids is 4.